The summed E-state index contributed by atoms with van der Waals surface area (Å²) in [4.78, 5) is 0. The highest BCUT2D eigenvalue weighted by atomic mass is 19.1. The number of hydrogen-bond acceptors (Lipinski definition) is 3. The molecule has 1 aromatic heterocycles. The minimum Gasteiger partial charge on any atom is -0.452 e. The Morgan fingerprint density at radius 1 is 1.47 bits per heavy atom. The number of nitrogens with zero attached hydrogens (tertiary/aromatic N) is 2. The van der Waals surface area contributed by atoms with E-state index in [1.807, 2.05) is 0 Å². The van der Waals surface area contributed by atoms with Crippen LogP contribution in [-0.4, -0.2) is 9.78 Å². The normalized spacial score (nSPS) is 10.5. The van der Waals surface area contributed by atoms with Crippen molar-refractivity contribution in [3.05, 3.63) is 36.4 Å². The smallest absolute Gasteiger partial charge is 0.165 e. The molecule has 0 aliphatic carbocycles. The number of nitrogens with two attached hydrogens (primary N) is 1. The number of rotatable bonds is 4. The second-order valence-electron chi connectivity index (χ2n) is 3.72. The fourth-order valence-electron chi connectivity index (χ4n) is 1.47. The number of aryl methyl sites for hydroxylation is 1. The van der Waals surface area contributed by atoms with Crippen molar-refractivity contribution in [1.82, 2.24) is 9.78 Å². The van der Waals surface area contributed by atoms with Crippen molar-refractivity contribution in [3.8, 4) is 11.5 Å². The number of hydrogen-bond donors (Lipinski definition) is 1. The summed E-state index contributed by atoms with van der Waals surface area (Å²) in [6.07, 6.45) is 4.33. The summed E-state index contributed by atoms with van der Waals surface area (Å²) < 4.78 is 20.3. The Kier molecular flexibility index (Phi) is 3.27. The molecule has 0 atom stereocenters. The van der Waals surface area contributed by atoms with E-state index in [-0.39, 0.29) is 5.82 Å². The summed E-state index contributed by atoms with van der Waals surface area (Å²) >= 11 is 0. The van der Waals surface area contributed by atoms with Gasteiger partial charge >= 0.3 is 0 Å². The van der Waals surface area contributed by atoms with Crippen molar-refractivity contribution in [2.75, 3.05) is 5.73 Å². The lowest BCUT2D eigenvalue weighted by Crippen LogP contribution is -1.95. The van der Waals surface area contributed by atoms with E-state index in [9.17, 15) is 4.39 Å². The van der Waals surface area contributed by atoms with Gasteiger partial charge in [0.05, 0.1) is 18.1 Å². The SMILES string of the molecule is CCCn1cc(Oc2cc(F)ccc2N)cn1. The van der Waals surface area contributed by atoms with Crippen molar-refractivity contribution in [2.24, 2.45) is 0 Å². The maximum atomic E-state index is 13.0. The Bertz CT molecular complexity index is 510. The van der Waals surface area contributed by atoms with Gasteiger partial charge in [0.25, 0.3) is 0 Å². The predicted molar refractivity (Wildman–Crippen MR) is 63.4 cm³/mol. The first-order chi connectivity index (χ1) is 8.19. The monoisotopic (exact) mass is 235 g/mol. The van der Waals surface area contributed by atoms with Crippen molar-refractivity contribution in [3.63, 3.8) is 0 Å². The quantitative estimate of drug-likeness (QED) is 0.829. The average Bonchev–Trinajstić information content (AvgIpc) is 2.72. The molecule has 4 nitrogen and oxygen atoms in total. The van der Waals surface area contributed by atoms with Crippen molar-refractivity contribution < 1.29 is 9.13 Å². The van der Waals surface area contributed by atoms with Crippen LogP contribution < -0.4 is 10.5 Å². The minimum absolute atomic E-state index is 0.307. The summed E-state index contributed by atoms with van der Waals surface area (Å²) in [6.45, 7) is 2.88. The van der Waals surface area contributed by atoms with Crippen LogP contribution in [0.5, 0.6) is 11.5 Å². The fraction of sp³-hybridized carbons (Fsp3) is 0.250. The Labute approximate surface area is 98.8 Å². The summed E-state index contributed by atoms with van der Waals surface area (Å²) in [5.41, 5.74) is 6.08. The maximum Gasteiger partial charge on any atom is 0.165 e. The van der Waals surface area contributed by atoms with E-state index < -0.39 is 0 Å². The molecule has 0 saturated carbocycles. The largest absolute Gasteiger partial charge is 0.452 e. The zero-order chi connectivity index (χ0) is 12.3. The molecule has 2 rings (SSSR count). The summed E-state index contributed by atoms with van der Waals surface area (Å²) in [6, 6.07) is 4.02. The summed E-state index contributed by atoms with van der Waals surface area (Å²) in [7, 11) is 0. The third-order valence-electron chi connectivity index (χ3n) is 2.27. The van der Waals surface area contributed by atoms with Gasteiger partial charge in [-0.15, -0.1) is 0 Å². The van der Waals surface area contributed by atoms with Gasteiger partial charge in [0.2, 0.25) is 0 Å². The van der Waals surface area contributed by atoms with Crippen LogP contribution in [0.4, 0.5) is 10.1 Å². The molecule has 0 saturated heterocycles. The number of aromatic nitrogens is 2. The summed E-state index contributed by atoms with van der Waals surface area (Å²) in [5, 5.41) is 4.11. The first-order valence-corrected chi connectivity index (χ1v) is 5.44. The number of halogens is 1. The third-order valence-corrected chi connectivity index (χ3v) is 2.27. The topological polar surface area (TPSA) is 53.1 Å². The van der Waals surface area contributed by atoms with Crippen LogP contribution in [0.25, 0.3) is 0 Å². The molecule has 2 N–H and O–H groups in total. The van der Waals surface area contributed by atoms with Gasteiger partial charge in [0.15, 0.2) is 11.5 Å². The second kappa shape index (κ2) is 4.86. The number of anilines is 1. The van der Waals surface area contributed by atoms with E-state index in [0.717, 1.165) is 13.0 Å². The van der Waals surface area contributed by atoms with Crippen LogP contribution in [0.3, 0.4) is 0 Å². The summed E-state index contributed by atoms with van der Waals surface area (Å²) in [5.74, 6) is 0.479. The number of benzene rings is 1. The van der Waals surface area contributed by atoms with E-state index in [1.165, 1.54) is 18.2 Å². The molecule has 0 bridgehead atoms. The van der Waals surface area contributed by atoms with Gasteiger partial charge < -0.3 is 10.5 Å². The van der Waals surface area contributed by atoms with E-state index >= 15 is 0 Å². The van der Waals surface area contributed by atoms with Crippen LogP contribution in [0.1, 0.15) is 13.3 Å². The van der Waals surface area contributed by atoms with Crippen molar-refractivity contribution in [1.29, 1.82) is 0 Å². The molecule has 0 radical (unpaired) electrons. The lowest BCUT2D eigenvalue weighted by Gasteiger charge is -2.05. The van der Waals surface area contributed by atoms with Crippen LogP contribution >= 0.6 is 0 Å². The third kappa shape index (κ3) is 2.75. The Morgan fingerprint density at radius 2 is 2.29 bits per heavy atom. The van der Waals surface area contributed by atoms with E-state index in [2.05, 4.69) is 12.0 Å². The number of ether oxygens (including phenoxy) is 1. The molecule has 0 amide bonds. The Morgan fingerprint density at radius 3 is 3.06 bits per heavy atom. The molecule has 0 aliphatic heterocycles. The molecule has 1 aromatic carbocycles. The van der Waals surface area contributed by atoms with E-state index in [1.54, 1.807) is 17.1 Å². The molecule has 17 heavy (non-hydrogen) atoms. The van der Waals surface area contributed by atoms with Crippen LogP contribution in [0, 0.1) is 5.82 Å². The first-order valence-electron chi connectivity index (χ1n) is 5.44. The highest BCUT2D eigenvalue weighted by Gasteiger charge is 2.05. The molecule has 0 aliphatic rings. The van der Waals surface area contributed by atoms with Crippen molar-refractivity contribution >= 4 is 5.69 Å². The molecular formula is C12H14FN3O. The Hall–Kier alpha value is -2.04. The van der Waals surface area contributed by atoms with E-state index in [4.69, 9.17) is 10.5 Å². The Balaban J connectivity index is 2.16. The first kappa shape index (κ1) is 11.4. The lowest BCUT2D eigenvalue weighted by atomic mass is 10.3. The van der Waals surface area contributed by atoms with Crippen LogP contribution in [0.2, 0.25) is 0 Å². The standard InChI is InChI=1S/C12H14FN3O/c1-2-5-16-8-10(7-15-16)17-12-6-9(13)3-4-11(12)14/h3-4,6-8H,2,5,14H2,1H3. The van der Waals surface area contributed by atoms with Gasteiger partial charge in [-0.05, 0) is 18.6 Å². The molecule has 1 heterocycles. The highest BCUT2D eigenvalue weighted by Crippen LogP contribution is 2.27. The molecule has 5 heteroatoms. The average molecular weight is 235 g/mol. The van der Waals surface area contributed by atoms with E-state index in [0.29, 0.717) is 17.2 Å². The zero-order valence-corrected chi connectivity index (χ0v) is 9.56. The maximum absolute atomic E-state index is 13.0. The molecule has 90 valence electrons. The van der Waals surface area contributed by atoms with Gasteiger partial charge in [-0.1, -0.05) is 6.92 Å². The van der Waals surface area contributed by atoms with Gasteiger partial charge in [-0.25, -0.2) is 4.39 Å². The molecule has 0 fully saturated rings. The minimum atomic E-state index is -0.379. The van der Waals surface area contributed by atoms with Gasteiger partial charge in [0.1, 0.15) is 5.82 Å². The zero-order valence-electron chi connectivity index (χ0n) is 9.56. The van der Waals surface area contributed by atoms with Crippen LogP contribution in [0.15, 0.2) is 30.6 Å². The predicted octanol–water partition coefficient (Wildman–Crippen LogP) is 2.81. The van der Waals surface area contributed by atoms with Crippen molar-refractivity contribution in [2.45, 2.75) is 19.9 Å². The molecular weight excluding hydrogens is 221 g/mol. The van der Waals surface area contributed by atoms with Gasteiger partial charge in [0, 0.05) is 12.6 Å². The molecule has 0 spiro atoms. The molecule has 2 aromatic rings. The van der Waals surface area contributed by atoms with Crippen LogP contribution in [-0.2, 0) is 6.54 Å². The van der Waals surface area contributed by atoms with Gasteiger partial charge in [-0.2, -0.15) is 5.10 Å². The highest BCUT2D eigenvalue weighted by molar-refractivity contribution is 5.53. The second-order valence-corrected chi connectivity index (χ2v) is 3.72. The molecule has 0 unspecified atom stereocenters. The fourth-order valence-corrected chi connectivity index (χ4v) is 1.47. The number of nitrogen functional groups attached to an aromatic ring is 1. The lowest BCUT2D eigenvalue weighted by molar-refractivity contribution is 0.477. The van der Waals surface area contributed by atoms with Gasteiger partial charge in [-0.3, -0.25) is 4.68 Å².